The number of nitrogens with zero attached hydrogens (tertiary/aromatic N) is 1. The van der Waals surface area contributed by atoms with E-state index >= 15 is 0 Å². The van der Waals surface area contributed by atoms with Crippen LogP contribution in [0, 0.1) is 0 Å². The van der Waals surface area contributed by atoms with Gasteiger partial charge in [-0.15, -0.1) is 0 Å². The van der Waals surface area contributed by atoms with Crippen molar-refractivity contribution in [3.05, 3.63) is 46.3 Å². The highest BCUT2D eigenvalue weighted by molar-refractivity contribution is 5.96. The first kappa shape index (κ1) is 13.9. The number of hydrogen-bond donors (Lipinski definition) is 0. The zero-order chi connectivity index (χ0) is 14.8. The molecule has 0 N–H and O–H groups in total. The van der Waals surface area contributed by atoms with E-state index in [1.807, 2.05) is 12.1 Å². The van der Waals surface area contributed by atoms with Crippen LogP contribution in [-0.4, -0.2) is 23.9 Å². The van der Waals surface area contributed by atoms with Gasteiger partial charge < -0.3 is 9.32 Å². The van der Waals surface area contributed by atoms with Crippen LogP contribution in [0.25, 0.3) is 11.0 Å². The van der Waals surface area contributed by atoms with Crippen LogP contribution in [0.5, 0.6) is 0 Å². The summed E-state index contributed by atoms with van der Waals surface area (Å²) in [5, 5.41) is 0.775. The van der Waals surface area contributed by atoms with E-state index in [9.17, 15) is 9.59 Å². The third kappa shape index (κ3) is 2.71. The van der Waals surface area contributed by atoms with Gasteiger partial charge in [-0.2, -0.15) is 0 Å². The highest BCUT2D eigenvalue weighted by Crippen LogP contribution is 2.23. The monoisotopic (exact) mass is 285 g/mol. The first-order valence-electron chi connectivity index (χ1n) is 7.47. The summed E-state index contributed by atoms with van der Waals surface area (Å²) in [6.07, 6.45) is 5.56. The van der Waals surface area contributed by atoms with Crippen LogP contribution < -0.4 is 5.63 Å². The normalized spacial score (nSPS) is 16.0. The highest BCUT2D eigenvalue weighted by Gasteiger charge is 2.25. The summed E-state index contributed by atoms with van der Waals surface area (Å²) in [5.74, 6) is -0.235. The molecule has 0 bridgehead atoms. The van der Waals surface area contributed by atoms with Crippen molar-refractivity contribution in [3.8, 4) is 0 Å². The van der Waals surface area contributed by atoms with E-state index in [1.165, 1.54) is 6.42 Å². The molecule has 1 aromatic heterocycles. The number of benzene rings is 1. The third-order valence-corrected chi connectivity index (χ3v) is 4.31. The maximum absolute atomic E-state index is 12.6. The Morgan fingerprint density at radius 3 is 2.67 bits per heavy atom. The van der Waals surface area contributed by atoms with E-state index in [2.05, 4.69) is 0 Å². The molecule has 0 unspecified atom stereocenters. The third-order valence-electron chi connectivity index (χ3n) is 4.31. The zero-order valence-electron chi connectivity index (χ0n) is 12.2. The molecular weight excluding hydrogens is 266 g/mol. The van der Waals surface area contributed by atoms with Crippen LogP contribution in [0.1, 0.15) is 42.5 Å². The van der Waals surface area contributed by atoms with Crippen molar-refractivity contribution in [3.63, 3.8) is 0 Å². The smallest absolute Gasteiger partial charge is 0.349 e. The van der Waals surface area contributed by atoms with E-state index in [0.717, 1.165) is 31.1 Å². The van der Waals surface area contributed by atoms with Gasteiger partial charge in [-0.25, -0.2) is 4.79 Å². The molecule has 1 fully saturated rings. The van der Waals surface area contributed by atoms with Crippen LogP contribution in [0.15, 0.2) is 39.5 Å². The van der Waals surface area contributed by atoms with Gasteiger partial charge in [0.2, 0.25) is 0 Å². The molecule has 4 heteroatoms. The van der Waals surface area contributed by atoms with Crippen molar-refractivity contribution >= 4 is 16.9 Å². The van der Waals surface area contributed by atoms with Gasteiger partial charge in [0, 0.05) is 18.5 Å². The standard InChI is InChI=1S/C17H19NO3/c1-18(13-8-3-2-4-9-13)16(19)14-11-12-7-5-6-10-15(12)21-17(14)20/h5-7,10-11,13H,2-4,8-9H2,1H3. The summed E-state index contributed by atoms with van der Waals surface area (Å²) in [6, 6.07) is 9.12. The van der Waals surface area contributed by atoms with Gasteiger partial charge in [0.05, 0.1) is 0 Å². The fourth-order valence-electron chi connectivity index (χ4n) is 3.04. The summed E-state index contributed by atoms with van der Waals surface area (Å²) in [5.41, 5.74) is 0.0857. The molecule has 1 saturated carbocycles. The van der Waals surface area contributed by atoms with Crippen LogP contribution >= 0.6 is 0 Å². The van der Waals surface area contributed by atoms with Gasteiger partial charge in [0.1, 0.15) is 11.1 Å². The number of para-hydroxylation sites is 1. The van der Waals surface area contributed by atoms with E-state index in [0.29, 0.717) is 5.58 Å². The summed E-state index contributed by atoms with van der Waals surface area (Å²) in [4.78, 5) is 26.3. The Kier molecular flexibility index (Phi) is 3.78. The Bertz CT molecular complexity index is 713. The van der Waals surface area contributed by atoms with Crippen molar-refractivity contribution in [2.24, 2.45) is 0 Å². The fraction of sp³-hybridized carbons (Fsp3) is 0.412. The Morgan fingerprint density at radius 1 is 1.19 bits per heavy atom. The Labute approximate surface area is 123 Å². The van der Waals surface area contributed by atoms with Crippen molar-refractivity contribution in [2.45, 2.75) is 38.1 Å². The SMILES string of the molecule is CN(C(=O)c1cc2ccccc2oc1=O)C1CCCCC1. The molecule has 0 saturated heterocycles. The van der Waals surface area contributed by atoms with Crippen molar-refractivity contribution < 1.29 is 9.21 Å². The molecule has 0 radical (unpaired) electrons. The lowest BCUT2D eigenvalue weighted by Crippen LogP contribution is -2.40. The van der Waals surface area contributed by atoms with E-state index < -0.39 is 5.63 Å². The van der Waals surface area contributed by atoms with E-state index in [4.69, 9.17) is 4.42 Å². The molecule has 0 atom stereocenters. The maximum atomic E-state index is 12.6. The van der Waals surface area contributed by atoms with Gasteiger partial charge in [-0.3, -0.25) is 4.79 Å². The number of carbonyl (C=O) groups is 1. The van der Waals surface area contributed by atoms with Gasteiger partial charge in [0.15, 0.2) is 0 Å². The van der Waals surface area contributed by atoms with E-state index in [-0.39, 0.29) is 17.5 Å². The largest absolute Gasteiger partial charge is 0.422 e. The molecule has 0 spiro atoms. The lowest BCUT2D eigenvalue weighted by Gasteiger charge is -2.31. The molecule has 21 heavy (non-hydrogen) atoms. The summed E-state index contributed by atoms with van der Waals surface area (Å²) >= 11 is 0. The average Bonchev–Trinajstić information content (AvgIpc) is 2.53. The first-order valence-corrected chi connectivity index (χ1v) is 7.47. The van der Waals surface area contributed by atoms with Crippen LogP contribution in [0.3, 0.4) is 0 Å². The van der Waals surface area contributed by atoms with Crippen molar-refractivity contribution in [2.75, 3.05) is 7.05 Å². The molecule has 1 aliphatic carbocycles. The summed E-state index contributed by atoms with van der Waals surface area (Å²) in [6.45, 7) is 0. The van der Waals surface area contributed by atoms with Crippen molar-refractivity contribution in [1.82, 2.24) is 4.90 Å². The molecule has 0 aliphatic heterocycles. The molecule has 110 valence electrons. The fourth-order valence-corrected chi connectivity index (χ4v) is 3.04. The lowest BCUT2D eigenvalue weighted by atomic mass is 9.94. The van der Waals surface area contributed by atoms with Gasteiger partial charge in [-0.1, -0.05) is 37.5 Å². The number of carbonyl (C=O) groups excluding carboxylic acids is 1. The topological polar surface area (TPSA) is 50.5 Å². The quantitative estimate of drug-likeness (QED) is 0.796. The second kappa shape index (κ2) is 5.72. The molecule has 1 heterocycles. The van der Waals surface area contributed by atoms with Crippen LogP contribution in [0.2, 0.25) is 0 Å². The Hall–Kier alpha value is -2.10. The van der Waals surface area contributed by atoms with Gasteiger partial charge >= 0.3 is 5.63 Å². The van der Waals surface area contributed by atoms with Crippen LogP contribution in [-0.2, 0) is 0 Å². The predicted octanol–water partition coefficient (Wildman–Crippen LogP) is 3.20. The average molecular weight is 285 g/mol. The number of fused-ring (bicyclic) bond motifs is 1. The second-order valence-electron chi connectivity index (χ2n) is 5.69. The molecule has 3 rings (SSSR count). The first-order chi connectivity index (χ1) is 10.2. The molecule has 4 nitrogen and oxygen atoms in total. The number of rotatable bonds is 2. The second-order valence-corrected chi connectivity index (χ2v) is 5.69. The minimum Gasteiger partial charge on any atom is -0.422 e. The summed E-state index contributed by atoms with van der Waals surface area (Å²) in [7, 11) is 1.78. The molecule has 1 aliphatic rings. The molecule has 1 aromatic carbocycles. The molecule has 1 amide bonds. The van der Waals surface area contributed by atoms with Crippen molar-refractivity contribution in [1.29, 1.82) is 0 Å². The Balaban J connectivity index is 1.93. The van der Waals surface area contributed by atoms with Gasteiger partial charge in [0.25, 0.3) is 5.91 Å². The predicted molar refractivity (Wildman–Crippen MR) is 81.5 cm³/mol. The van der Waals surface area contributed by atoms with Gasteiger partial charge in [-0.05, 0) is 25.0 Å². The minimum atomic E-state index is -0.554. The summed E-state index contributed by atoms with van der Waals surface area (Å²) < 4.78 is 5.25. The van der Waals surface area contributed by atoms with Crippen LogP contribution in [0.4, 0.5) is 0 Å². The highest BCUT2D eigenvalue weighted by atomic mass is 16.4. The number of amides is 1. The van der Waals surface area contributed by atoms with E-state index in [1.54, 1.807) is 30.1 Å². The molecular formula is C17H19NO3. The zero-order valence-corrected chi connectivity index (χ0v) is 12.2. The Morgan fingerprint density at radius 2 is 1.90 bits per heavy atom. The molecule has 2 aromatic rings. The minimum absolute atomic E-state index is 0.127. The number of hydrogen-bond acceptors (Lipinski definition) is 3. The maximum Gasteiger partial charge on any atom is 0.349 e. The lowest BCUT2D eigenvalue weighted by molar-refractivity contribution is 0.0692.